The van der Waals surface area contributed by atoms with Crippen LogP contribution in [0.25, 0.3) is 10.9 Å². The molecule has 0 spiro atoms. The quantitative estimate of drug-likeness (QED) is 0.617. The third-order valence-corrected chi connectivity index (χ3v) is 6.67. The maximum absolute atomic E-state index is 15.0. The number of carbonyl (C=O) groups is 1. The Hall–Kier alpha value is -2.66. The molecule has 0 saturated carbocycles. The van der Waals surface area contributed by atoms with Gasteiger partial charge in [0.1, 0.15) is 5.82 Å². The summed E-state index contributed by atoms with van der Waals surface area (Å²) in [6, 6.07) is 11.4. The Balaban J connectivity index is 1.71. The third-order valence-electron chi connectivity index (χ3n) is 6.67. The van der Waals surface area contributed by atoms with Crippen LogP contribution in [0.3, 0.4) is 0 Å². The van der Waals surface area contributed by atoms with E-state index in [1.54, 1.807) is 6.07 Å². The van der Waals surface area contributed by atoms with Gasteiger partial charge in [0.2, 0.25) is 5.91 Å². The summed E-state index contributed by atoms with van der Waals surface area (Å²) in [5.41, 5.74) is 4.91. The Labute approximate surface area is 184 Å². The van der Waals surface area contributed by atoms with Crippen LogP contribution in [0.15, 0.2) is 42.6 Å². The topological polar surface area (TPSA) is 39.3 Å². The Morgan fingerprint density at radius 3 is 2.58 bits per heavy atom. The minimum atomic E-state index is -0.322. The van der Waals surface area contributed by atoms with Crippen LogP contribution in [0.2, 0.25) is 0 Å². The zero-order valence-electron chi connectivity index (χ0n) is 18.7. The van der Waals surface area contributed by atoms with Gasteiger partial charge >= 0.3 is 0 Å². The minimum Gasteiger partial charge on any atom is -0.361 e. The van der Waals surface area contributed by atoms with Crippen molar-refractivity contribution in [1.29, 1.82) is 0 Å². The average Bonchev–Trinajstić information content (AvgIpc) is 3.23. The number of carbonyl (C=O) groups excluding carboxylic acids is 1. The number of benzene rings is 2. The SMILES string of the molecule is CCc1cccc2c(C(CC(=O)N3CCN(CC)CC3)c3cc(C)ccc3F)c[nH]c12. The third kappa shape index (κ3) is 4.38. The van der Waals surface area contributed by atoms with Crippen LogP contribution in [-0.2, 0) is 11.2 Å². The molecule has 1 N–H and O–H groups in total. The summed E-state index contributed by atoms with van der Waals surface area (Å²) >= 11 is 0. The Morgan fingerprint density at radius 2 is 1.87 bits per heavy atom. The Kier molecular flexibility index (Phi) is 6.42. The molecule has 0 radical (unpaired) electrons. The first-order valence-electron chi connectivity index (χ1n) is 11.4. The molecular formula is C26H32FN3O. The number of fused-ring (bicyclic) bond motifs is 1. The summed E-state index contributed by atoms with van der Waals surface area (Å²) in [7, 11) is 0. The number of nitrogens with one attached hydrogen (secondary N) is 1. The zero-order valence-corrected chi connectivity index (χ0v) is 18.7. The molecule has 1 atom stereocenters. The predicted molar refractivity (Wildman–Crippen MR) is 124 cm³/mol. The molecule has 1 aliphatic heterocycles. The summed E-state index contributed by atoms with van der Waals surface area (Å²) in [5, 5.41) is 1.08. The summed E-state index contributed by atoms with van der Waals surface area (Å²) < 4.78 is 15.0. The van der Waals surface area contributed by atoms with Gasteiger partial charge in [0.25, 0.3) is 0 Å². The van der Waals surface area contributed by atoms with Gasteiger partial charge in [-0.15, -0.1) is 0 Å². The van der Waals surface area contributed by atoms with E-state index in [9.17, 15) is 4.79 Å². The summed E-state index contributed by atoms with van der Waals surface area (Å²) in [4.78, 5) is 21.0. The van der Waals surface area contributed by atoms with Crippen molar-refractivity contribution in [3.05, 3.63) is 70.7 Å². The maximum Gasteiger partial charge on any atom is 0.223 e. The second-order valence-corrected chi connectivity index (χ2v) is 8.53. The number of para-hydroxylation sites is 1. The van der Waals surface area contributed by atoms with Gasteiger partial charge in [0.05, 0.1) is 0 Å². The highest BCUT2D eigenvalue weighted by molar-refractivity contribution is 5.88. The van der Waals surface area contributed by atoms with Crippen molar-refractivity contribution < 1.29 is 9.18 Å². The molecule has 164 valence electrons. The van der Waals surface area contributed by atoms with Gasteiger partial charge < -0.3 is 14.8 Å². The molecular weight excluding hydrogens is 389 g/mol. The monoisotopic (exact) mass is 421 g/mol. The van der Waals surface area contributed by atoms with Crippen LogP contribution in [0.5, 0.6) is 0 Å². The van der Waals surface area contributed by atoms with Crippen LogP contribution in [0.1, 0.15) is 48.4 Å². The normalized spacial score (nSPS) is 16.1. The molecule has 0 bridgehead atoms. The molecule has 5 heteroatoms. The first-order valence-corrected chi connectivity index (χ1v) is 11.4. The van der Waals surface area contributed by atoms with Crippen molar-refractivity contribution in [2.75, 3.05) is 32.7 Å². The molecule has 1 aliphatic rings. The summed E-state index contributed by atoms with van der Waals surface area (Å²) in [5.74, 6) is -0.472. The van der Waals surface area contributed by atoms with E-state index in [-0.39, 0.29) is 24.1 Å². The first kappa shape index (κ1) is 21.6. The van der Waals surface area contributed by atoms with E-state index in [4.69, 9.17) is 0 Å². The Morgan fingerprint density at radius 1 is 1.10 bits per heavy atom. The van der Waals surface area contributed by atoms with E-state index in [2.05, 4.69) is 35.9 Å². The first-order chi connectivity index (χ1) is 15.0. The second kappa shape index (κ2) is 9.23. The number of aromatic nitrogens is 1. The van der Waals surface area contributed by atoms with Crippen molar-refractivity contribution in [3.63, 3.8) is 0 Å². The number of hydrogen-bond acceptors (Lipinski definition) is 2. The van der Waals surface area contributed by atoms with Gasteiger partial charge in [0, 0.05) is 55.6 Å². The largest absolute Gasteiger partial charge is 0.361 e. The molecule has 1 aromatic heterocycles. The highest BCUT2D eigenvalue weighted by Crippen LogP contribution is 2.36. The van der Waals surface area contributed by atoms with Gasteiger partial charge in [0.15, 0.2) is 0 Å². The molecule has 4 nitrogen and oxygen atoms in total. The molecule has 31 heavy (non-hydrogen) atoms. The second-order valence-electron chi connectivity index (χ2n) is 8.53. The highest BCUT2D eigenvalue weighted by atomic mass is 19.1. The number of amides is 1. The van der Waals surface area contributed by atoms with Crippen LogP contribution in [-0.4, -0.2) is 53.4 Å². The molecule has 2 heterocycles. The van der Waals surface area contributed by atoms with E-state index < -0.39 is 0 Å². The lowest BCUT2D eigenvalue weighted by atomic mass is 9.86. The number of piperazine rings is 1. The van der Waals surface area contributed by atoms with E-state index in [0.29, 0.717) is 5.56 Å². The van der Waals surface area contributed by atoms with Crippen molar-refractivity contribution in [2.45, 2.75) is 39.5 Å². The fourth-order valence-corrected chi connectivity index (χ4v) is 4.76. The number of nitrogens with zero attached hydrogens (tertiary/aromatic N) is 2. The summed E-state index contributed by atoms with van der Waals surface area (Å²) in [6.45, 7) is 10.5. The van der Waals surface area contributed by atoms with Crippen molar-refractivity contribution >= 4 is 16.8 Å². The van der Waals surface area contributed by atoms with Gasteiger partial charge in [-0.25, -0.2) is 4.39 Å². The minimum absolute atomic E-state index is 0.0997. The molecule has 1 saturated heterocycles. The van der Waals surface area contributed by atoms with Crippen molar-refractivity contribution in [2.24, 2.45) is 0 Å². The Bertz CT molecular complexity index is 1070. The van der Waals surface area contributed by atoms with Crippen molar-refractivity contribution in [3.8, 4) is 0 Å². The van der Waals surface area contributed by atoms with Gasteiger partial charge in [-0.1, -0.05) is 49.7 Å². The lowest BCUT2D eigenvalue weighted by Gasteiger charge is -2.35. The van der Waals surface area contributed by atoms with Crippen LogP contribution in [0.4, 0.5) is 4.39 Å². The number of H-pyrrole nitrogens is 1. The fourth-order valence-electron chi connectivity index (χ4n) is 4.76. The fraction of sp³-hybridized carbons (Fsp3) is 0.423. The predicted octanol–water partition coefficient (Wildman–Crippen LogP) is 4.86. The number of hydrogen-bond donors (Lipinski definition) is 1. The number of likely N-dealkylation sites (N-methyl/N-ethyl adjacent to an activating group) is 1. The molecule has 2 aromatic carbocycles. The lowest BCUT2D eigenvalue weighted by molar-refractivity contribution is -0.133. The maximum atomic E-state index is 15.0. The van der Waals surface area contributed by atoms with Gasteiger partial charge in [-0.2, -0.15) is 0 Å². The zero-order chi connectivity index (χ0) is 22.0. The summed E-state index contributed by atoms with van der Waals surface area (Å²) in [6.07, 6.45) is 3.16. The van der Waals surface area contributed by atoms with Crippen molar-refractivity contribution in [1.82, 2.24) is 14.8 Å². The number of aryl methyl sites for hydroxylation is 2. The molecule has 4 rings (SSSR count). The smallest absolute Gasteiger partial charge is 0.223 e. The highest BCUT2D eigenvalue weighted by Gasteiger charge is 2.28. The van der Waals surface area contributed by atoms with Gasteiger partial charge in [-0.05, 0) is 42.6 Å². The lowest BCUT2D eigenvalue weighted by Crippen LogP contribution is -2.48. The van der Waals surface area contributed by atoms with Crippen LogP contribution < -0.4 is 0 Å². The molecule has 3 aromatic rings. The van der Waals surface area contributed by atoms with E-state index in [1.165, 1.54) is 11.6 Å². The molecule has 0 aliphatic carbocycles. The van der Waals surface area contributed by atoms with E-state index >= 15 is 4.39 Å². The average molecular weight is 422 g/mol. The van der Waals surface area contributed by atoms with E-state index in [0.717, 1.165) is 61.2 Å². The standard InChI is InChI=1S/C26H32FN3O/c1-4-19-7-6-8-20-23(17-28-26(19)20)21(22-15-18(3)9-10-24(22)27)16-25(31)30-13-11-29(5-2)12-14-30/h6-10,15,17,21,28H,4-5,11-14,16H2,1-3H3. The molecule has 1 unspecified atom stereocenters. The number of rotatable bonds is 6. The van der Waals surface area contributed by atoms with E-state index in [1.807, 2.05) is 30.2 Å². The van der Waals surface area contributed by atoms with Gasteiger partial charge in [-0.3, -0.25) is 4.79 Å². The molecule has 1 fully saturated rings. The van der Waals surface area contributed by atoms with Crippen LogP contribution in [0, 0.1) is 12.7 Å². The van der Waals surface area contributed by atoms with Crippen LogP contribution >= 0.6 is 0 Å². The number of halogens is 1. The molecule has 1 amide bonds. The number of aromatic amines is 1.